The highest BCUT2D eigenvalue weighted by Crippen LogP contribution is 2.38. The van der Waals surface area contributed by atoms with Crippen molar-refractivity contribution in [1.82, 2.24) is 9.88 Å². The zero-order valence-electron chi connectivity index (χ0n) is 16.3. The number of ketones is 1. The van der Waals surface area contributed by atoms with Crippen LogP contribution in [0.2, 0.25) is 0 Å². The van der Waals surface area contributed by atoms with Gasteiger partial charge >= 0.3 is 0 Å². The quantitative estimate of drug-likeness (QED) is 0.376. The highest BCUT2D eigenvalue weighted by atomic mass is 79.9. The van der Waals surface area contributed by atoms with Crippen LogP contribution in [0.1, 0.15) is 17.2 Å². The van der Waals surface area contributed by atoms with E-state index in [4.69, 9.17) is 4.74 Å². The van der Waals surface area contributed by atoms with E-state index in [-0.39, 0.29) is 5.57 Å². The average molecular weight is 472 g/mol. The third-order valence-corrected chi connectivity index (χ3v) is 6.09. The molecule has 156 valence electrons. The number of nitrogens with one attached hydrogen (secondary N) is 1. The summed E-state index contributed by atoms with van der Waals surface area (Å²) < 4.78 is 6.28. The van der Waals surface area contributed by atoms with Crippen LogP contribution in [-0.4, -0.2) is 61.0 Å². The lowest BCUT2D eigenvalue weighted by molar-refractivity contribution is -0.907. The van der Waals surface area contributed by atoms with Gasteiger partial charge in [-0.25, -0.2) is 0 Å². The van der Waals surface area contributed by atoms with Crippen molar-refractivity contribution in [2.75, 3.05) is 39.4 Å². The molecule has 1 unspecified atom stereocenters. The van der Waals surface area contributed by atoms with Gasteiger partial charge in [-0.2, -0.15) is 0 Å². The number of nitrogens with zero attached hydrogens (tertiary/aromatic N) is 2. The topological polar surface area (TPSA) is 87.0 Å². The molecular formula is C22H22BrN3O4. The van der Waals surface area contributed by atoms with Gasteiger partial charge in [0.1, 0.15) is 13.1 Å². The molecule has 1 aromatic heterocycles. The molecule has 8 heteroatoms. The summed E-state index contributed by atoms with van der Waals surface area (Å²) in [4.78, 5) is 32.7. The Balaban J connectivity index is 1.72. The molecule has 2 aromatic rings. The number of quaternary nitrogens is 1. The summed E-state index contributed by atoms with van der Waals surface area (Å²) in [6, 6.07) is 9.81. The number of carbonyl (C=O) groups excluding carboxylic acids is 2. The van der Waals surface area contributed by atoms with Crippen LogP contribution < -0.4 is 10.0 Å². The number of morpholine rings is 1. The Morgan fingerprint density at radius 3 is 2.47 bits per heavy atom. The fourth-order valence-electron chi connectivity index (χ4n) is 3.94. The first kappa shape index (κ1) is 20.7. The Morgan fingerprint density at radius 2 is 1.80 bits per heavy atom. The van der Waals surface area contributed by atoms with Crippen molar-refractivity contribution in [2.24, 2.45) is 0 Å². The fraction of sp³-hybridized carbons (Fsp3) is 0.318. The molecule has 1 N–H and O–H groups in total. The first-order chi connectivity index (χ1) is 14.6. The predicted octanol–water partition coefficient (Wildman–Crippen LogP) is -0.0168. The predicted molar refractivity (Wildman–Crippen MR) is 111 cm³/mol. The van der Waals surface area contributed by atoms with Gasteiger partial charge in [0, 0.05) is 22.4 Å². The monoisotopic (exact) mass is 471 g/mol. The zero-order valence-corrected chi connectivity index (χ0v) is 17.9. The molecule has 0 spiro atoms. The Morgan fingerprint density at radius 1 is 1.13 bits per heavy atom. The van der Waals surface area contributed by atoms with Crippen molar-refractivity contribution >= 4 is 33.4 Å². The van der Waals surface area contributed by atoms with E-state index in [1.54, 1.807) is 17.0 Å². The number of likely N-dealkylation sites (tertiary alicyclic amines) is 1. The summed E-state index contributed by atoms with van der Waals surface area (Å²) in [5.41, 5.74) is 1.10. The van der Waals surface area contributed by atoms with Crippen LogP contribution in [0, 0.1) is 0 Å². The van der Waals surface area contributed by atoms with Crippen LogP contribution in [0.15, 0.2) is 58.8 Å². The summed E-state index contributed by atoms with van der Waals surface area (Å²) in [7, 11) is 0. The van der Waals surface area contributed by atoms with Crippen molar-refractivity contribution in [1.29, 1.82) is 0 Å². The molecule has 1 amide bonds. The number of carbonyl (C=O) groups is 2. The number of pyridine rings is 1. The standard InChI is InChI=1S/C22H22BrN3O4/c23-17-3-1-15(2-4-17)19-18(20(27)16-5-7-24-8-6-16)21(28)22(29)26(19)10-9-25-11-13-30-14-12-25/h1-8,19,27H,9-14H2. The van der Waals surface area contributed by atoms with Crippen LogP contribution in [0.25, 0.3) is 5.76 Å². The second-order valence-corrected chi connectivity index (χ2v) is 8.29. The molecular weight excluding hydrogens is 450 g/mol. The smallest absolute Gasteiger partial charge is 0.295 e. The van der Waals surface area contributed by atoms with E-state index in [1.165, 1.54) is 17.3 Å². The van der Waals surface area contributed by atoms with Gasteiger partial charge in [-0.05, 0) is 35.4 Å². The number of Topliss-reactive ketones (excluding diaryl/α,β-unsaturated/α-hetero) is 1. The molecule has 7 nitrogen and oxygen atoms in total. The van der Waals surface area contributed by atoms with Gasteiger partial charge in [-0.15, -0.1) is 0 Å². The molecule has 2 aliphatic rings. The van der Waals surface area contributed by atoms with Crippen molar-refractivity contribution in [3.8, 4) is 0 Å². The first-order valence-electron chi connectivity index (χ1n) is 9.90. The van der Waals surface area contributed by atoms with Gasteiger partial charge in [-0.3, -0.25) is 14.6 Å². The fourth-order valence-corrected chi connectivity index (χ4v) is 4.20. The Labute approximate surface area is 183 Å². The SMILES string of the molecule is O=C1C(=O)N(CC[NH+]2CCOCC2)C(c2ccc(Br)cc2)C1=C([O-])c1ccncc1. The summed E-state index contributed by atoms with van der Waals surface area (Å²) in [6.45, 7) is 4.21. The first-order valence-corrected chi connectivity index (χ1v) is 10.7. The Bertz CT molecular complexity index is 956. The van der Waals surface area contributed by atoms with E-state index < -0.39 is 23.5 Å². The lowest BCUT2D eigenvalue weighted by Gasteiger charge is -2.30. The number of aromatic nitrogens is 1. The number of ether oxygens (including phenoxy) is 1. The maximum Gasteiger partial charge on any atom is 0.295 e. The summed E-state index contributed by atoms with van der Waals surface area (Å²) in [5, 5.41) is 13.2. The van der Waals surface area contributed by atoms with Gasteiger partial charge in [0.15, 0.2) is 0 Å². The molecule has 0 radical (unpaired) electrons. The van der Waals surface area contributed by atoms with Crippen molar-refractivity contribution in [3.05, 3.63) is 70.0 Å². The van der Waals surface area contributed by atoms with Crippen LogP contribution in [0.5, 0.6) is 0 Å². The highest BCUT2D eigenvalue weighted by Gasteiger charge is 2.44. The highest BCUT2D eigenvalue weighted by molar-refractivity contribution is 9.10. The molecule has 0 saturated carbocycles. The number of benzene rings is 1. The molecule has 0 bridgehead atoms. The van der Waals surface area contributed by atoms with Gasteiger partial charge in [0.25, 0.3) is 5.91 Å². The summed E-state index contributed by atoms with van der Waals surface area (Å²) in [5.74, 6) is -1.76. The number of hydrogen-bond donors (Lipinski definition) is 1. The zero-order chi connectivity index (χ0) is 21.1. The molecule has 3 heterocycles. The number of halogens is 1. The Kier molecular flexibility index (Phi) is 6.26. The van der Waals surface area contributed by atoms with E-state index in [1.807, 2.05) is 24.3 Å². The van der Waals surface area contributed by atoms with E-state index in [0.29, 0.717) is 31.9 Å². The van der Waals surface area contributed by atoms with Crippen molar-refractivity contribution < 1.29 is 24.3 Å². The van der Waals surface area contributed by atoms with Crippen LogP contribution >= 0.6 is 15.9 Å². The minimum Gasteiger partial charge on any atom is -0.872 e. The minimum absolute atomic E-state index is 0.00509. The van der Waals surface area contributed by atoms with Gasteiger partial charge in [-0.1, -0.05) is 33.8 Å². The molecule has 1 atom stereocenters. The normalized spacial score (nSPS) is 21.9. The molecule has 30 heavy (non-hydrogen) atoms. The average Bonchev–Trinajstić information content (AvgIpc) is 3.04. The van der Waals surface area contributed by atoms with Crippen LogP contribution in [0.4, 0.5) is 0 Å². The summed E-state index contributed by atoms with van der Waals surface area (Å²) >= 11 is 3.41. The van der Waals surface area contributed by atoms with Crippen molar-refractivity contribution in [3.63, 3.8) is 0 Å². The van der Waals surface area contributed by atoms with Crippen LogP contribution in [0.3, 0.4) is 0 Å². The summed E-state index contributed by atoms with van der Waals surface area (Å²) in [6.07, 6.45) is 3.01. The molecule has 4 rings (SSSR count). The van der Waals surface area contributed by atoms with Crippen molar-refractivity contribution in [2.45, 2.75) is 6.04 Å². The van der Waals surface area contributed by atoms with E-state index in [9.17, 15) is 14.7 Å². The second-order valence-electron chi connectivity index (χ2n) is 7.37. The second kappa shape index (κ2) is 9.07. The number of rotatable bonds is 5. The van der Waals surface area contributed by atoms with Crippen LogP contribution in [-0.2, 0) is 14.3 Å². The third-order valence-electron chi connectivity index (χ3n) is 5.56. The maximum atomic E-state index is 13.2. The van der Waals surface area contributed by atoms with Gasteiger partial charge in [0.05, 0.1) is 32.3 Å². The molecule has 1 aromatic carbocycles. The minimum atomic E-state index is -0.721. The largest absolute Gasteiger partial charge is 0.872 e. The van der Waals surface area contributed by atoms with Gasteiger partial charge < -0.3 is 19.6 Å². The number of amides is 1. The maximum absolute atomic E-state index is 13.2. The number of hydrogen-bond acceptors (Lipinski definition) is 5. The van der Waals surface area contributed by atoms with Gasteiger partial charge in [0.2, 0.25) is 5.78 Å². The lowest BCUT2D eigenvalue weighted by atomic mass is 9.95. The molecule has 2 aliphatic heterocycles. The van der Waals surface area contributed by atoms with E-state index in [0.717, 1.165) is 23.1 Å². The molecule has 2 saturated heterocycles. The Hall–Kier alpha value is -2.55. The third kappa shape index (κ3) is 4.16. The molecule has 2 fully saturated rings. The van der Waals surface area contributed by atoms with E-state index >= 15 is 0 Å². The lowest BCUT2D eigenvalue weighted by Crippen LogP contribution is -3.14. The molecule has 0 aliphatic carbocycles. The van der Waals surface area contributed by atoms with E-state index in [2.05, 4.69) is 20.9 Å².